The topological polar surface area (TPSA) is 28.2 Å². The lowest BCUT2D eigenvalue weighted by atomic mass is 9.79. The standard InChI is InChI=1S/C19H24FN3S/c20-17-3-1-16(2-4-17)18-13-24-19(22-18)23-11-7-15(8-12-23)14-5-9-21-10-6-14/h1-4,13-15,21H,5-12H2. The monoisotopic (exact) mass is 345 g/mol. The molecule has 0 saturated carbocycles. The quantitative estimate of drug-likeness (QED) is 0.905. The number of nitrogens with one attached hydrogen (secondary N) is 1. The SMILES string of the molecule is Fc1ccc(-c2csc(N3CCC(C4CCNCC4)CC3)n2)cc1. The zero-order valence-electron chi connectivity index (χ0n) is 13.9. The van der Waals surface area contributed by atoms with E-state index in [1.54, 1.807) is 23.5 Å². The van der Waals surface area contributed by atoms with Crippen molar-refractivity contribution in [2.75, 3.05) is 31.1 Å². The molecule has 3 heterocycles. The van der Waals surface area contributed by atoms with Crippen LogP contribution >= 0.6 is 11.3 Å². The maximum Gasteiger partial charge on any atom is 0.185 e. The molecule has 0 spiro atoms. The number of piperidine rings is 2. The third-order valence-electron chi connectivity index (χ3n) is 5.49. The number of hydrogen-bond acceptors (Lipinski definition) is 4. The van der Waals surface area contributed by atoms with Gasteiger partial charge in [-0.05, 0) is 74.9 Å². The molecule has 0 radical (unpaired) electrons. The molecule has 2 aliphatic rings. The summed E-state index contributed by atoms with van der Waals surface area (Å²) in [5, 5.41) is 6.66. The van der Waals surface area contributed by atoms with E-state index in [0.717, 1.165) is 41.3 Å². The fourth-order valence-electron chi connectivity index (χ4n) is 4.04. The molecule has 5 heteroatoms. The molecule has 1 aromatic heterocycles. The van der Waals surface area contributed by atoms with E-state index in [4.69, 9.17) is 4.98 Å². The van der Waals surface area contributed by atoms with Gasteiger partial charge in [-0.1, -0.05) is 0 Å². The molecule has 2 aliphatic heterocycles. The van der Waals surface area contributed by atoms with E-state index in [1.807, 2.05) is 0 Å². The molecule has 2 aromatic rings. The predicted molar refractivity (Wildman–Crippen MR) is 98.0 cm³/mol. The minimum atomic E-state index is -0.200. The summed E-state index contributed by atoms with van der Waals surface area (Å²) in [6.07, 6.45) is 5.26. The largest absolute Gasteiger partial charge is 0.348 e. The molecule has 2 saturated heterocycles. The summed E-state index contributed by atoms with van der Waals surface area (Å²) in [7, 11) is 0. The van der Waals surface area contributed by atoms with Crippen LogP contribution in [-0.2, 0) is 0 Å². The maximum absolute atomic E-state index is 13.1. The molecule has 0 unspecified atom stereocenters. The Balaban J connectivity index is 1.38. The van der Waals surface area contributed by atoms with Crippen LogP contribution in [0.2, 0.25) is 0 Å². The van der Waals surface area contributed by atoms with Gasteiger partial charge in [0, 0.05) is 24.0 Å². The zero-order valence-corrected chi connectivity index (χ0v) is 14.7. The summed E-state index contributed by atoms with van der Waals surface area (Å²) < 4.78 is 13.1. The average molecular weight is 345 g/mol. The zero-order chi connectivity index (χ0) is 16.4. The van der Waals surface area contributed by atoms with Crippen LogP contribution in [0, 0.1) is 17.7 Å². The number of thiazole rings is 1. The van der Waals surface area contributed by atoms with Gasteiger partial charge < -0.3 is 10.2 Å². The van der Waals surface area contributed by atoms with E-state index in [0.29, 0.717) is 0 Å². The van der Waals surface area contributed by atoms with Gasteiger partial charge >= 0.3 is 0 Å². The molecule has 2 fully saturated rings. The van der Waals surface area contributed by atoms with Gasteiger partial charge in [0.1, 0.15) is 5.82 Å². The van der Waals surface area contributed by atoms with E-state index in [1.165, 1.54) is 50.9 Å². The van der Waals surface area contributed by atoms with Crippen LogP contribution in [0.15, 0.2) is 29.6 Å². The second-order valence-corrected chi connectivity index (χ2v) is 7.77. The summed E-state index contributed by atoms with van der Waals surface area (Å²) >= 11 is 1.70. The third kappa shape index (κ3) is 3.47. The predicted octanol–water partition coefficient (Wildman–Crippen LogP) is 4.17. The van der Waals surface area contributed by atoms with Crippen molar-refractivity contribution in [3.8, 4) is 11.3 Å². The Morgan fingerprint density at radius 1 is 1.00 bits per heavy atom. The molecule has 24 heavy (non-hydrogen) atoms. The molecule has 0 amide bonds. The van der Waals surface area contributed by atoms with Crippen molar-refractivity contribution in [1.82, 2.24) is 10.3 Å². The summed E-state index contributed by atoms with van der Waals surface area (Å²) in [5.41, 5.74) is 1.94. The number of aromatic nitrogens is 1. The average Bonchev–Trinajstić information content (AvgIpc) is 3.13. The van der Waals surface area contributed by atoms with Crippen LogP contribution in [0.3, 0.4) is 0 Å². The minimum Gasteiger partial charge on any atom is -0.348 e. The van der Waals surface area contributed by atoms with Gasteiger partial charge in [-0.25, -0.2) is 9.37 Å². The van der Waals surface area contributed by atoms with Crippen molar-refractivity contribution < 1.29 is 4.39 Å². The number of anilines is 1. The second-order valence-electron chi connectivity index (χ2n) is 6.93. The molecule has 1 aromatic carbocycles. The van der Waals surface area contributed by atoms with Crippen LogP contribution in [0.25, 0.3) is 11.3 Å². The Morgan fingerprint density at radius 2 is 1.67 bits per heavy atom. The Hall–Kier alpha value is -1.46. The Labute approximate surface area is 146 Å². The van der Waals surface area contributed by atoms with Crippen molar-refractivity contribution in [2.45, 2.75) is 25.7 Å². The van der Waals surface area contributed by atoms with E-state index >= 15 is 0 Å². The fraction of sp³-hybridized carbons (Fsp3) is 0.526. The summed E-state index contributed by atoms with van der Waals surface area (Å²) in [6.45, 7) is 4.62. The van der Waals surface area contributed by atoms with Crippen LogP contribution in [-0.4, -0.2) is 31.2 Å². The minimum absolute atomic E-state index is 0.200. The number of nitrogens with zero attached hydrogens (tertiary/aromatic N) is 2. The normalized spacial score (nSPS) is 20.5. The van der Waals surface area contributed by atoms with Gasteiger partial charge in [0.25, 0.3) is 0 Å². The summed E-state index contributed by atoms with van der Waals surface area (Å²) in [5.74, 6) is 1.61. The van der Waals surface area contributed by atoms with E-state index in [-0.39, 0.29) is 5.82 Å². The second kappa shape index (κ2) is 7.19. The third-order valence-corrected chi connectivity index (χ3v) is 6.39. The highest BCUT2D eigenvalue weighted by atomic mass is 32.1. The molecule has 0 atom stereocenters. The van der Waals surface area contributed by atoms with E-state index < -0.39 is 0 Å². The molecular weight excluding hydrogens is 321 g/mol. The van der Waals surface area contributed by atoms with Crippen LogP contribution in [0.1, 0.15) is 25.7 Å². The molecule has 4 rings (SSSR count). The van der Waals surface area contributed by atoms with Gasteiger partial charge in [0.15, 0.2) is 5.13 Å². The van der Waals surface area contributed by atoms with Crippen LogP contribution < -0.4 is 10.2 Å². The number of benzene rings is 1. The van der Waals surface area contributed by atoms with Gasteiger partial charge in [0.05, 0.1) is 5.69 Å². The molecule has 1 N–H and O–H groups in total. The van der Waals surface area contributed by atoms with Gasteiger partial charge in [-0.15, -0.1) is 11.3 Å². The molecule has 3 nitrogen and oxygen atoms in total. The Kier molecular flexibility index (Phi) is 4.81. The summed E-state index contributed by atoms with van der Waals surface area (Å²) in [4.78, 5) is 7.21. The van der Waals surface area contributed by atoms with Gasteiger partial charge in [-0.2, -0.15) is 0 Å². The first-order valence-corrected chi connectivity index (χ1v) is 9.85. The highest BCUT2D eigenvalue weighted by Crippen LogP contribution is 2.34. The fourth-order valence-corrected chi connectivity index (χ4v) is 4.93. The number of hydrogen-bond donors (Lipinski definition) is 1. The number of rotatable bonds is 3. The smallest absolute Gasteiger partial charge is 0.185 e. The first-order valence-electron chi connectivity index (χ1n) is 8.97. The van der Waals surface area contributed by atoms with Crippen molar-refractivity contribution in [3.63, 3.8) is 0 Å². The molecule has 128 valence electrons. The maximum atomic E-state index is 13.1. The lowest BCUT2D eigenvalue weighted by Gasteiger charge is -2.37. The van der Waals surface area contributed by atoms with Gasteiger partial charge in [0.2, 0.25) is 0 Å². The highest BCUT2D eigenvalue weighted by molar-refractivity contribution is 7.14. The molecule has 0 aliphatic carbocycles. The lowest BCUT2D eigenvalue weighted by molar-refractivity contribution is 0.222. The van der Waals surface area contributed by atoms with Gasteiger partial charge in [-0.3, -0.25) is 0 Å². The van der Waals surface area contributed by atoms with Crippen molar-refractivity contribution in [2.24, 2.45) is 11.8 Å². The highest BCUT2D eigenvalue weighted by Gasteiger charge is 2.28. The van der Waals surface area contributed by atoms with E-state index in [2.05, 4.69) is 15.6 Å². The first-order chi connectivity index (χ1) is 11.8. The molecule has 0 bridgehead atoms. The van der Waals surface area contributed by atoms with E-state index in [9.17, 15) is 4.39 Å². The van der Waals surface area contributed by atoms with Crippen molar-refractivity contribution in [1.29, 1.82) is 0 Å². The number of halogens is 1. The Bertz CT molecular complexity index is 656. The summed E-state index contributed by atoms with van der Waals surface area (Å²) in [6, 6.07) is 6.60. The lowest BCUT2D eigenvalue weighted by Crippen LogP contribution is -2.39. The first kappa shape index (κ1) is 16.0. The van der Waals surface area contributed by atoms with Crippen LogP contribution in [0.5, 0.6) is 0 Å². The Morgan fingerprint density at radius 3 is 2.38 bits per heavy atom. The van der Waals surface area contributed by atoms with Crippen molar-refractivity contribution >= 4 is 16.5 Å². The molecular formula is C19H24FN3S. The van der Waals surface area contributed by atoms with Crippen LogP contribution in [0.4, 0.5) is 9.52 Å². The van der Waals surface area contributed by atoms with Crippen molar-refractivity contribution in [3.05, 3.63) is 35.5 Å².